The molecule has 3 aromatic rings. The molecular weight excluding hydrogens is 396 g/mol. The number of fused-ring (bicyclic) bond motifs is 2. The van der Waals surface area contributed by atoms with Crippen molar-refractivity contribution in [3.05, 3.63) is 49.6 Å². The summed E-state index contributed by atoms with van der Waals surface area (Å²) in [4.78, 5) is 29.6. The van der Waals surface area contributed by atoms with Crippen molar-refractivity contribution >= 4 is 44.8 Å². The Bertz CT molecular complexity index is 1130. The zero-order chi connectivity index (χ0) is 21.1. The number of hydrogen-bond donors (Lipinski definition) is 2. The van der Waals surface area contributed by atoms with Crippen LogP contribution in [0, 0.1) is 10.1 Å². The van der Waals surface area contributed by atoms with Gasteiger partial charge in [0.2, 0.25) is 5.43 Å². The van der Waals surface area contributed by atoms with E-state index in [4.69, 9.17) is 16.3 Å². The number of non-ortho nitro benzene ring substituents is 1. The maximum Gasteiger partial charge on any atom is 0.293 e. The zero-order valence-electron chi connectivity index (χ0n) is 16.5. The number of methoxy groups -OCH3 is 1. The first-order valence-corrected chi connectivity index (χ1v) is 9.76. The molecule has 0 radical (unpaired) electrons. The number of halogens is 1. The number of benzene rings is 2. The van der Waals surface area contributed by atoms with Gasteiger partial charge in [0.05, 0.1) is 33.3 Å². The van der Waals surface area contributed by atoms with Crippen LogP contribution in [0.1, 0.15) is 13.8 Å². The quantitative estimate of drug-likeness (QED) is 0.325. The van der Waals surface area contributed by atoms with Gasteiger partial charge in [-0.25, -0.2) is 0 Å². The summed E-state index contributed by atoms with van der Waals surface area (Å²) in [6.07, 6.45) is 0. The molecular formula is C20H23ClN4O4. The monoisotopic (exact) mass is 418 g/mol. The van der Waals surface area contributed by atoms with Crippen LogP contribution in [0.3, 0.4) is 0 Å². The van der Waals surface area contributed by atoms with E-state index in [1.54, 1.807) is 18.2 Å². The Kier molecular flexibility index (Phi) is 6.24. The predicted molar refractivity (Wildman–Crippen MR) is 117 cm³/mol. The molecule has 29 heavy (non-hydrogen) atoms. The summed E-state index contributed by atoms with van der Waals surface area (Å²) in [5.74, 6) is 0.366. The highest BCUT2D eigenvalue weighted by Crippen LogP contribution is 2.34. The number of nitrogens with zero attached hydrogens (tertiary/aromatic N) is 2. The highest BCUT2D eigenvalue weighted by atomic mass is 35.5. The lowest BCUT2D eigenvalue weighted by molar-refractivity contribution is -0.383. The summed E-state index contributed by atoms with van der Waals surface area (Å²) in [5, 5.41) is 15.4. The molecule has 1 aromatic heterocycles. The van der Waals surface area contributed by atoms with Crippen LogP contribution in [0.4, 0.5) is 11.4 Å². The minimum Gasteiger partial charge on any atom is -0.495 e. The Morgan fingerprint density at radius 2 is 1.93 bits per heavy atom. The fourth-order valence-corrected chi connectivity index (χ4v) is 3.77. The second kappa shape index (κ2) is 8.67. The number of nitro groups is 1. The number of likely N-dealkylation sites (N-methyl/N-ethyl adjacent to an activating group) is 1. The molecule has 0 amide bonds. The van der Waals surface area contributed by atoms with Gasteiger partial charge in [0.1, 0.15) is 11.3 Å². The first-order valence-electron chi connectivity index (χ1n) is 9.38. The van der Waals surface area contributed by atoms with Crippen molar-refractivity contribution in [1.82, 2.24) is 9.88 Å². The van der Waals surface area contributed by atoms with E-state index < -0.39 is 4.92 Å². The Morgan fingerprint density at radius 3 is 2.55 bits per heavy atom. The van der Waals surface area contributed by atoms with E-state index in [1.165, 1.54) is 13.2 Å². The van der Waals surface area contributed by atoms with Gasteiger partial charge in [-0.3, -0.25) is 14.9 Å². The maximum atomic E-state index is 13.3. The van der Waals surface area contributed by atoms with Gasteiger partial charge in [-0.05, 0) is 31.3 Å². The van der Waals surface area contributed by atoms with Gasteiger partial charge in [-0.1, -0.05) is 25.4 Å². The minimum atomic E-state index is -0.505. The molecule has 154 valence electrons. The van der Waals surface area contributed by atoms with Gasteiger partial charge in [0.15, 0.2) is 0 Å². The molecule has 1 heterocycles. The van der Waals surface area contributed by atoms with Crippen LogP contribution >= 0.6 is 11.6 Å². The average Bonchev–Trinajstić information content (AvgIpc) is 2.71. The molecule has 0 atom stereocenters. The molecule has 0 unspecified atom stereocenters. The van der Waals surface area contributed by atoms with Crippen LogP contribution in [0.5, 0.6) is 5.75 Å². The van der Waals surface area contributed by atoms with Crippen LogP contribution in [0.25, 0.3) is 21.8 Å². The average molecular weight is 419 g/mol. The molecule has 0 saturated carbocycles. The Morgan fingerprint density at radius 1 is 1.21 bits per heavy atom. The van der Waals surface area contributed by atoms with Crippen LogP contribution in [0.2, 0.25) is 5.02 Å². The summed E-state index contributed by atoms with van der Waals surface area (Å²) in [7, 11) is 1.47. The van der Waals surface area contributed by atoms with Crippen LogP contribution in [-0.2, 0) is 0 Å². The Balaban J connectivity index is 2.22. The van der Waals surface area contributed by atoms with Crippen molar-refractivity contribution in [3.63, 3.8) is 0 Å². The first kappa shape index (κ1) is 20.9. The SMILES string of the molecule is CCN(CC)CCNc1ccc([N+](=O)[O-])c2[nH]c3ccc(OC)c(Cl)c3c(=O)c12. The van der Waals surface area contributed by atoms with Crippen molar-refractivity contribution < 1.29 is 9.66 Å². The molecule has 3 rings (SSSR count). The smallest absolute Gasteiger partial charge is 0.293 e. The number of hydrogen-bond acceptors (Lipinski definition) is 6. The number of aromatic amines is 1. The van der Waals surface area contributed by atoms with Crippen molar-refractivity contribution in [2.24, 2.45) is 0 Å². The van der Waals surface area contributed by atoms with E-state index in [0.29, 0.717) is 23.5 Å². The molecule has 0 aliphatic carbocycles. The second-order valence-corrected chi connectivity index (χ2v) is 6.93. The highest BCUT2D eigenvalue weighted by molar-refractivity contribution is 6.37. The number of aromatic nitrogens is 1. The lowest BCUT2D eigenvalue weighted by Gasteiger charge is -2.19. The summed E-state index contributed by atoms with van der Waals surface area (Å²) in [6, 6.07) is 6.21. The molecule has 2 N–H and O–H groups in total. The Labute approximate surface area is 172 Å². The second-order valence-electron chi connectivity index (χ2n) is 6.55. The molecule has 0 spiro atoms. The third kappa shape index (κ3) is 3.86. The molecule has 9 heteroatoms. The number of nitro benzene ring substituents is 1. The highest BCUT2D eigenvalue weighted by Gasteiger charge is 2.21. The zero-order valence-corrected chi connectivity index (χ0v) is 17.3. The molecule has 0 saturated heterocycles. The standard InChI is InChI=1S/C20H23ClN4O4/c1-4-24(5-2)11-10-22-12-6-8-14(25(27)28)19-17(12)20(26)16-13(23-19)7-9-15(29-3)18(16)21/h6-9,22H,4-5,10-11H2,1-3H3,(H,23,26). The van der Waals surface area contributed by atoms with E-state index in [-0.39, 0.29) is 32.4 Å². The van der Waals surface area contributed by atoms with Gasteiger partial charge < -0.3 is 19.9 Å². The van der Waals surface area contributed by atoms with E-state index in [2.05, 4.69) is 29.0 Å². The normalized spacial score (nSPS) is 11.3. The summed E-state index contributed by atoms with van der Waals surface area (Å²) in [6.45, 7) is 7.37. The number of anilines is 1. The summed E-state index contributed by atoms with van der Waals surface area (Å²) in [5.41, 5.74) is 0.560. The van der Waals surface area contributed by atoms with Gasteiger partial charge >= 0.3 is 0 Å². The predicted octanol–water partition coefficient (Wildman–Crippen LogP) is 4.01. The molecule has 2 aromatic carbocycles. The molecule has 0 fully saturated rings. The number of H-pyrrole nitrogens is 1. The summed E-state index contributed by atoms with van der Waals surface area (Å²) >= 11 is 6.38. The van der Waals surface area contributed by atoms with Crippen LogP contribution in [-0.4, -0.2) is 48.1 Å². The summed E-state index contributed by atoms with van der Waals surface area (Å²) < 4.78 is 5.21. The minimum absolute atomic E-state index is 0.166. The Hall–Kier alpha value is -2.84. The number of nitrogens with one attached hydrogen (secondary N) is 2. The number of rotatable bonds is 8. The third-order valence-corrected chi connectivity index (χ3v) is 5.43. The van der Waals surface area contributed by atoms with Crippen LogP contribution < -0.4 is 15.5 Å². The van der Waals surface area contributed by atoms with Crippen LogP contribution in [0.15, 0.2) is 29.1 Å². The van der Waals surface area contributed by atoms with Crippen molar-refractivity contribution in [1.29, 1.82) is 0 Å². The number of ether oxygens (including phenoxy) is 1. The first-order chi connectivity index (χ1) is 13.9. The van der Waals surface area contributed by atoms with Crippen molar-refractivity contribution in [2.45, 2.75) is 13.8 Å². The lowest BCUT2D eigenvalue weighted by atomic mass is 10.1. The van der Waals surface area contributed by atoms with E-state index in [1.807, 2.05) is 0 Å². The third-order valence-electron chi connectivity index (χ3n) is 5.06. The largest absolute Gasteiger partial charge is 0.495 e. The van der Waals surface area contributed by atoms with E-state index >= 15 is 0 Å². The van der Waals surface area contributed by atoms with Gasteiger partial charge in [-0.2, -0.15) is 0 Å². The lowest BCUT2D eigenvalue weighted by Crippen LogP contribution is -2.28. The molecule has 8 nitrogen and oxygen atoms in total. The van der Waals surface area contributed by atoms with Gasteiger partial charge in [0.25, 0.3) is 5.69 Å². The molecule has 0 aliphatic rings. The van der Waals surface area contributed by atoms with E-state index in [9.17, 15) is 14.9 Å². The fourth-order valence-electron chi connectivity index (χ4n) is 3.44. The molecule has 0 aliphatic heterocycles. The number of pyridine rings is 1. The topological polar surface area (TPSA) is 100 Å². The van der Waals surface area contributed by atoms with Gasteiger partial charge in [0, 0.05) is 24.8 Å². The molecule has 0 bridgehead atoms. The maximum absolute atomic E-state index is 13.3. The van der Waals surface area contributed by atoms with Gasteiger partial charge in [-0.15, -0.1) is 0 Å². The van der Waals surface area contributed by atoms with Crippen molar-refractivity contribution in [2.75, 3.05) is 38.6 Å². The fraction of sp³-hybridized carbons (Fsp3) is 0.350. The van der Waals surface area contributed by atoms with Crippen molar-refractivity contribution in [3.8, 4) is 5.75 Å². The van der Waals surface area contributed by atoms with E-state index in [0.717, 1.165) is 19.6 Å².